The van der Waals surface area contributed by atoms with Gasteiger partial charge in [0.2, 0.25) is 0 Å². The van der Waals surface area contributed by atoms with Gasteiger partial charge >= 0.3 is 5.97 Å². The molecule has 1 fully saturated rings. The Kier molecular flexibility index (Phi) is 3.61. The van der Waals surface area contributed by atoms with Crippen LogP contribution in [0.25, 0.3) is 0 Å². The molecule has 0 aliphatic carbocycles. The maximum absolute atomic E-state index is 11.9. The number of hydrogen-bond acceptors (Lipinski definition) is 4. The fraction of sp³-hybridized carbons (Fsp3) is 0.923. The van der Waals surface area contributed by atoms with E-state index >= 15 is 0 Å². The zero-order chi connectivity index (χ0) is 13.5. The molecule has 4 heteroatoms. The molecule has 1 aliphatic heterocycles. The van der Waals surface area contributed by atoms with Gasteiger partial charge in [-0.1, -0.05) is 0 Å². The minimum Gasteiger partial charge on any atom is -0.456 e. The summed E-state index contributed by atoms with van der Waals surface area (Å²) in [7, 11) is 0. The van der Waals surface area contributed by atoms with Crippen molar-refractivity contribution in [3.05, 3.63) is 0 Å². The number of rotatable bonds is 2. The van der Waals surface area contributed by atoms with E-state index in [2.05, 4.69) is 0 Å². The molecule has 0 unspecified atom stereocenters. The number of esters is 1. The average molecular weight is 244 g/mol. The van der Waals surface area contributed by atoms with Gasteiger partial charge in [-0.15, -0.1) is 0 Å². The minimum absolute atomic E-state index is 0.226. The van der Waals surface area contributed by atoms with Gasteiger partial charge in [-0.3, -0.25) is 4.79 Å². The molecular weight excluding hydrogens is 220 g/mol. The normalized spacial score (nSPS) is 24.8. The fourth-order valence-corrected chi connectivity index (χ4v) is 1.49. The van der Waals surface area contributed by atoms with E-state index in [0.717, 1.165) is 0 Å². The van der Waals surface area contributed by atoms with Crippen LogP contribution in [0.4, 0.5) is 0 Å². The van der Waals surface area contributed by atoms with Gasteiger partial charge in [0, 0.05) is 0 Å². The van der Waals surface area contributed by atoms with Crippen molar-refractivity contribution in [1.29, 1.82) is 0 Å². The lowest BCUT2D eigenvalue weighted by Gasteiger charge is -2.33. The van der Waals surface area contributed by atoms with Crippen molar-refractivity contribution >= 4 is 5.97 Å². The molecule has 4 nitrogen and oxygen atoms in total. The third-order valence-corrected chi connectivity index (χ3v) is 2.75. The SMILES string of the molecule is CC1(C)OC[C@@H](C(C)(C)OC(=O)C(C)(C)C)O1. The molecule has 1 saturated heterocycles. The highest BCUT2D eigenvalue weighted by Crippen LogP contribution is 2.32. The van der Waals surface area contributed by atoms with E-state index in [-0.39, 0.29) is 12.1 Å². The molecule has 0 aromatic carbocycles. The standard InChI is InChI=1S/C13H24O4/c1-11(2,3)10(14)17-12(4,5)9-8-15-13(6,7)16-9/h9H,8H2,1-7H3/t9-/m0/s1. The highest BCUT2D eigenvalue weighted by molar-refractivity contribution is 5.75. The number of carbonyl (C=O) groups is 1. The quantitative estimate of drug-likeness (QED) is 0.700. The molecular formula is C13H24O4. The summed E-state index contributed by atoms with van der Waals surface area (Å²) in [6.07, 6.45) is -0.233. The topological polar surface area (TPSA) is 44.8 Å². The Morgan fingerprint density at radius 1 is 1.24 bits per heavy atom. The van der Waals surface area contributed by atoms with Crippen LogP contribution in [-0.4, -0.2) is 30.1 Å². The maximum atomic E-state index is 11.9. The van der Waals surface area contributed by atoms with Crippen molar-refractivity contribution in [1.82, 2.24) is 0 Å². The third-order valence-electron chi connectivity index (χ3n) is 2.75. The molecule has 1 heterocycles. The summed E-state index contributed by atoms with van der Waals surface area (Å²) < 4.78 is 16.8. The Balaban J connectivity index is 2.67. The lowest BCUT2D eigenvalue weighted by molar-refractivity contribution is -0.192. The van der Waals surface area contributed by atoms with Crippen LogP contribution in [0.15, 0.2) is 0 Å². The summed E-state index contributed by atoms with van der Waals surface area (Å²) in [5.74, 6) is -0.827. The van der Waals surface area contributed by atoms with Crippen LogP contribution in [-0.2, 0) is 19.0 Å². The number of ether oxygens (including phenoxy) is 3. The fourth-order valence-electron chi connectivity index (χ4n) is 1.49. The van der Waals surface area contributed by atoms with Gasteiger partial charge in [0.05, 0.1) is 12.0 Å². The molecule has 0 radical (unpaired) electrons. The summed E-state index contributed by atoms with van der Waals surface area (Å²) in [4.78, 5) is 11.9. The van der Waals surface area contributed by atoms with E-state index in [1.807, 2.05) is 48.5 Å². The van der Waals surface area contributed by atoms with Crippen molar-refractivity contribution in [3.8, 4) is 0 Å². The van der Waals surface area contributed by atoms with Crippen LogP contribution in [0.3, 0.4) is 0 Å². The monoisotopic (exact) mass is 244 g/mol. The first kappa shape index (κ1) is 14.5. The third kappa shape index (κ3) is 3.68. The molecule has 1 rings (SSSR count). The molecule has 0 saturated carbocycles. The van der Waals surface area contributed by atoms with Crippen molar-refractivity contribution in [2.75, 3.05) is 6.61 Å². The summed E-state index contributed by atoms with van der Waals surface area (Å²) in [6, 6.07) is 0. The summed E-state index contributed by atoms with van der Waals surface area (Å²) in [5.41, 5.74) is -1.19. The zero-order valence-electron chi connectivity index (χ0n) is 11.9. The Hall–Kier alpha value is -0.610. The summed E-state index contributed by atoms with van der Waals surface area (Å²) in [6.45, 7) is 13.4. The van der Waals surface area contributed by atoms with E-state index in [4.69, 9.17) is 14.2 Å². The molecule has 1 atom stereocenters. The molecule has 0 aromatic heterocycles. The van der Waals surface area contributed by atoms with E-state index in [1.54, 1.807) is 0 Å². The van der Waals surface area contributed by atoms with Crippen molar-refractivity contribution < 1.29 is 19.0 Å². The molecule has 0 bridgehead atoms. The van der Waals surface area contributed by atoms with Crippen LogP contribution in [0.1, 0.15) is 48.5 Å². The van der Waals surface area contributed by atoms with Crippen LogP contribution >= 0.6 is 0 Å². The van der Waals surface area contributed by atoms with Gasteiger partial charge < -0.3 is 14.2 Å². The van der Waals surface area contributed by atoms with Crippen molar-refractivity contribution in [2.24, 2.45) is 5.41 Å². The predicted octanol–water partition coefficient (Wildman–Crippen LogP) is 2.51. The summed E-state index contributed by atoms with van der Waals surface area (Å²) in [5, 5.41) is 0. The van der Waals surface area contributed by atoms with E-state index in [9.17, 15) is 4.79 Å². The second-order valence-corrected chi connectivity index (χ2v) is 6.56. The molecule has 0 aromatic rings. The molecule has 17 heavy (non-hydrogen) atoms. The first-order valence-electron chi connectivity index (χ1n) is 5.99. The Labute approximate surface area is 104 Å². The van der Waals surface area contributed by atoms with Gasteiger partial charge in [0.1, 0.15) is 11.7 Å². The average Bonchev–Trinajstić information content (AvgIpc) is 2.44. The minimum atomic E-state index is -0.682. The lowest BCUT2D eigenvalue weighted by Crippen LogP contribution is -2.45. The van der Waals surface area contributed by atoms with Gasteiger partial charge in [-0.2, -0.15) is 0 Å². The smallest absolute Gasteiger partial charge is 0.311 e. The summed E-state index contributed by atoms with van der Waals surface area (Å²) >= 11 is 0. The molecule has 100 valence electrons. The Morgan fingerprint density at radius 2 is 1.76 bits per heavy atom. The lowest BCUT2D eigenvalue weighted by atomic mass is 9.95. The predicted molar refractivity (Wildman–Crippen MR) is 64.5 cm³/mol. The van der Waals surface area contributed by atoms with Crippen LogP contribution < -0.4 is 0 Å². The van der Waals surface area contributed by atoms with Gasteiger partial charge in [0.25, 0.3) is 0 Å². The second kappa shape index (κ2) is 4.25. The molecule has 0 N–H and O–H groups in total. The first-order valence-corrected chi connectivity index (χ1v) is 5.99. The molecule has 1 aliphatic rings. The van der Waals surface area contributed by atoms with Gasteiger partial charge in [0.15, 0.2) is 5.79 Å². The zero-order valence-corrected chi connectivity index (χ0v) is 11.9. The number of carbonyl (C=O) groups excluding carboxylic acids is 1. The maximum Gasteiger partial charge on any atom is 0.311 e. The van der Waals surface area contributed by atoms with Gasteiger partial charge in [-0.05, 0) is 48.5 Å². The highest BCUT2D eigenvalue weighted by atomic mass is 16.8. The largest absolute Gasteiger partial charge is 0.456 e. The molecule has 0 spiro atoms. The van der Waals surface area contributed by atoms with Crippen LogP contribution in [0.2, 0.25) is 0 Å². The van der Waals surface area contributed by atoms with E-state index < -0.39 is 16.8 Å². The second-order valence-electron chi connectivity index (χ2n) is 6.56. The molecule has 0 amide bonds. The van der Waals surface area contributed by atoms with E-state index in [0.29, 0.717) is 6.61 Å². The highest BCUT2D eigenvalue weighted by Gasteiger charge is 2.45. The van der Waals surface area contributed by atoms with E-state index in [1.165, 1.54) is 0 Å². The van der Waals surface area contributed by atoms with Gasteiger partial charge in [-0.25, -0.2) is 0 Å². The van der Waals surface area contributed by atoms with Crippen molar-refractivity contribution in [2.45, 2.75) is 66.0 Å². The first-order chi connectivity index (χ1) is 7.44. The Bertz CT molecular complexity index is 299. The Morgan fingerprint density at radius 3 is 2.12 bits per heavy atom. The number of hydrogen-bond donors (Lipinski definition) is 0. The van der Waals surface area contributed by atoms with Crippen LogP contribution in [0.5, 0.6) is 0 Å². The van der Waals surface area contributed by atoms with Crippen LogP contribution in [0, 0.1) is 5.41 Å². The van der Waals surface area contributed by atoms with Crippen molar-refractivity contribution in [3.63, 3.8) is 0 Å².